The van der Waals surface area contributed by atoms with Crippen molar-refractivity contribution < 1.29 is 28.7 Å². The van der Waals surface area contributed by atoms with E-state index >= 15 is 0 Å². The summed E-state index contributed by atoms with van der Waals surface area (Å²) in [5.41, 5.74) is 0.507. The van der Waals surface area contributed by atoms with E-state index in [1.54, 1.807) is 24.3 Å². The van der Waals surface area contributed by atoms with Gasteiger partial charge in [0.05, 0.1) is 31.8 Å². The normalized spacial score (nSPS) is 10.9. The van der Waals surface area contributed by atoms with Crippen molar-refractivity contribution in [3.63, 3.8) is 0 Å². The molecule has 0 saturated heterocycles. The van der Waals surface area contributed by atoms with Gasteiger partial charge in [-0.1, -0.05) is 18.2 Å². The number of ether oxygens (including phenoxy) is 4. The Bertz CT molecular complexity index is 864. The number of benzene rings is 2. The number of hydrogen-bond donors (Lipinski definition) is 0. The fourth-order valence-electron chi connectivity index (χ4n) is 2.33. The average Bonchev–Trinajstić information content (AvgIpc) is 2.67. The first-order valence-corrected chi connectivity index (χ1v) is 7.85. The van der Waals surface area contributed by atoms with Crippen LogP contribution in [0.3, 0.4) is 0 Å². The minimum atomic E-state index is -0.672. The Morgan fingerprint density at radius 3 is 2.11 bits per heavy atom. The predicted molar refractivity (Wildman–Crippen MR) is 98.1 cm³/mol. The molecule has 8 nitrogen and oxygen atoms in total. The molecule has 142 valence electrons. The summed E-state index contributed by atoms with van der Waals surface area (Å²) in [6, 6.07) is 9.45. The number of para-hydroxylation sites is 1. The zero-order chi connectivity index (χ0) is 20.0. The number of methoxy groups -OCH3 is 3. The molecule has 2 rings (SSSR count). The first kappa shape index (κ1) is 19.8. The van der Waals surface area contributed by atoms with Crippen molar-refractivity contribution in [2.45, 2.75) is 6.92 Å². The zero-order valence-electron chi connectivity index (χ0n) is 15.3. The molecule has 2 aromatic carbocycles. The number of esters is 1. The lowest BCUT2D eigenvalue weighted by atomic mass is 10.1. The molecule has 0 aliphatic rings. The molecule has 0 aliphatic heterocycles. The summed E-state index contributed by atoms with van der Waals surface area (Å²) in [5.74, 6) is 0.482. The first-order chi connectivity index (χ1) is 12.9. The van der Waals surface area contributed by atoms with Gasteiger partial charge in [0.25, 0.3) is 0 Å². The highest BCUT2D eigenvalue weighted by molar-refractivity contribution is 5.93. The SMILES string of the molecule is COc1cc(C(=O)Oc2ccccc2/C=C(\C)[N+](=O)[O-])cc(OC)c1OC. The Labute approximate surface area is 156 Å². The standard InChI is InChI=1S/C19H19NO7/c1-12(20(22)23)9-13-7-5-6-8-15(13)27-19(21)14-10-16(24-2)18(26-4)17(11-14)25-3/h5-11H,1-4H3/b12-9+. The molecule has 0 radical (unpaired) electrons. The summed E-state index contributed by atoms with van der Waals surface area (Å²) >= 11 is 0. The maximum atomic E-state index is 12.6. The Morgan fingerprint density at radius 2 is 1.59 bits per heavy atom. The molecule has 0 bridgehead atoms. The Hall–Kier alpha value is -3.55. The van der Waals surface area contributed by atoms with E-state index in [1.807, 2.05) is 0 Å². The molecule has 0 unspecified atom stereocenters. The van der Waals surface area contributed by atoms with Crippen LogP contribution >= 0.6 is 0 Å². The van der Waals surface area contributed by atoms with Gasteiger partial charge in [-0.2, -0.15) is 0 Å². The third kappa shape index (κ3) is 4.55. The Kier molecular flexibility index (Phi) is 6.37. The topological polar surface area (TPSA) is 97.1 Å². The fraction of sp³-hybridized carbons (Fsp3) is 0.211. The molecule has 0 atom stereocenters. The number of nitro groups is 1. The van der Waals surface area contributed by atoms with Crippen molar-refractivity contribution in [2.75, 3.05) is 21.3 Å². The number of carbonyl (C=O) groups is 1. The van der Waals surface area contributed by atoms with Crippen LogP contribution in [0.2, 0.25) is 0 Å². The summed E-state index contributed by atoms with van der Waals surface area (Å²) in [6.07, 6.45) is 1.33. The third-order valence-electron chi connectivity index (χ3n) is 3.67. The lowest BCUT2D eigenvalue weighted by molar-refractivity contribution is -0.422. The van der Waals surface area contributed by atoms with Crippen LogP contribution in [0.4, 0.5) is 0 Å². The van der Waals surface area contributed by atoms with Crippen LogP contribution in [0.5, 0.6) is 23.0 Å². The van der Waals surface area contributed by atoms with Gasteiger partial charge in [-0.15, -0.1) is 0 Å². The van der Waals surface area contributed by atoms with E-state index in [9.17, 15) is 14.9 Å². The number of allylic oxidation sites excluding steroid dienone is 1. The van der Waals surface area contributed by atoms with Gasteiger partial charge in [0.2, 0.25) is 11.4 Å². The van der Waals surface area contributed by atoms with Crippen LogP contribution in [0, 0.1) is 10.1 Å². The molecule has 0 N–H and O–H groups in total. The summed E-state index contributed by atoms with van der Waals surface area (Å²) < 4.78 is 21.1. The van der Waals surface area contributed by atoms with Crippen LogP contribution in [0.15, 0.2) is 42.1 Å². The molecule has 0 aromatic heterocycles. The van der Waals surface area contributed by atoms with E-state index in [4.69, 9.17) is 18.9 Å². The summed E-state index contributed by atoms with van der Waals surface area (Å²) in [6.45, 7) is 1.36. The smallest absolute Gasteiger partial charge is 0.343 e. The summed E-state index contributed by atoms with van der Waals surface area (Å²) in [7, 11) is 4.33. The van der Waals surface area contributed by atoms with Gasteiger partial charge in [-0.3, -0.25) is 10.1 Å². The minimum absolute atomic E-state index is 0.0775. The molecular weight excluding hydrogens is 354 g/mol. The lowest BCUT2D eigenvalue weighted by Crippen LogP contribution is -2.10. The molecule has 0 heterocycles. The second-order valence-corrected chi connectivity index (χ2v) is 5.38. The average molecular weight is 373 g/mol. The van der Waals surface area contributed by atoms with Crippen molar-refractivity contribution >= 4 is 12.0 Å². The highest BCUT2D eigenvalue weighted by atomic mass is 16.6. The lowest BCUT2D eigenvalue weighted by Gasteiger charge is -2.14. The number of rotatable bonds is 7. The van der Waals surface area contributed by atoms with E-state index in [2.05, 4.69) is 0 Å². The van der Waals surface area contributed by atoms with E-state index < -0.39 is 10.9 Å². The molecule has 0 amide bonds. The summed E-state index contributed by atoms with van der Waals surface area (Å²) in [5, 5.41) is 10.8. The molecule has 8 heteroatoms. The second kappa shape index (κ2) is 8.70. The van der Waals surface area contributed by atoms with Crippen LogP contribution in [-0.4, -0.2) is 32.2 Å². The van der Waals surface area contributed by atoms with Gasteiger partial charge in [0.15, 0.2) is 11.5 Å². The predicted octanol–water partition coefficient (Wildman–Crippen LogP) is 3.57. The molecule has 27 heavy (non-hydrogen) atoms. The van der Waals surface area contributed by atoms with Crippen molar-refractivity contribution in [1.29, 1.82) is 0 Å². The maximum Gasteiger partial charge on any atom is 0.343 e. The Morgan fingerprint density at radius 1 is 1.00 bits per heavy atom. The van der Waals surface area contributed by atoms with E-state index in [0.717, 1.165) is 0 Å². The number of hydrogen-bond acceptors (Lipinski definition) is 7. The highest BCUT2D eigenvalue weighted by Gasteiger charge is 2.19. The third-order valence-corrected chi connectivity index (χ3v) is 3.67. The van der Waals surface area contributed by atoms with Gasteiger partial charge in [-0.05, 0) is 18.2 Å². The van der Waals surface area contributed by atoms with Gasteiger partial charge >= 0.3 is 5.97 Å². The van der Waals surface area contributed by atoms with Crippen molar-refractivity contribution in [1.82, 2.24) is 0 Å². The molecular formula is C19H19NO7. The van der Waals surface area contributed by atoms with Crippen molar-refractivity contribution in [3.05, 3.63) is 63.3 Å². The van der Waals surface area contributed by atoms with Gasteiger partial charge in [-0.25, -0.2) is 4.79 Å². The molecule has 2 aromatic rings. The number of nitrogens with zero attached hydrogens (tertiary/aromatic N) is 1. The van der Waals surface area contributed by atoms with Crippen LogP contribution in [-0.2, 0) is 0 Å². The largest absolute Gasteiger partial charge is 0.493 e. The van der Waals surface area contributed by atoms with Gasteiger partial charge in [0, 0.05) is 18.6 Å². The monoisotopic (exact) mass is 373 g/mol. The molecule has 0 saturated carbocycles. The Balaban J connectivity index is 2.39. The second-order valence-electron chi connectivity index (χ2n) is 5.38. The van der Waals surface area contributed by atoms with Crippen molar-refractivity contribution in [3.8, 4) is 23.0 Å². The van der Waals surface area contributed by atoms with Gasteiger partial charge in [0.1, 0.15) is 5.75 Å². The maximum absolute atomic E-state index is 12.6. The summed E-state index contributed by atoms with van der Waals surface area (Å²) in [4.78, 5) is 22.9. The quantitative estimate of drug-likeness (QED) is 0.317. The van der Waals surface area contributed by atoms with Crippen LogP contribution < -0.4 is 18.9 Å². The molecule has 0 spiro atoms. The van der Waals surface area contributed by atoms with Crippen LogP contribution in [0.25, 0.3) is 6.08 Å². The molecule has 0 aliphatic carbocycles. The first-order valence-electron chi connectivity index (χ1n) is 7.85. The van der Waals surface area contributed by atoms with E-state index in [1.165, 1.54) is 46.5 Å². The molecule has 0 fully saturated rings. The van der Waals surface area contributed by atoms with Crippen molar-refractivity contribution in [2.24, 2.45) is 0 Å². The fourth-order valence-corrected chi connectivity index (χ4v) is 2.33. The highest BCUT2D eigenvalue weighted by Crippen LogP contribution is 2.38. The van der Waals surface area contributed by atoms with E-state index in [-0.39, 0.29) is 17.0 Å². The van der Waals surface area contributed by atoms with Gasteiger partial charge < -0.3 is 18.9 Å². The van der Waals surface area contributed by atoms with E-state index in [0.29, 0.717) is 22.8 Å². The minimum Gasteiger partial charge on any atom is -0.493 e. The zero-order valence-corrected chi connectivity index (χ0v) is 15.3. The number of carbonyl (C=O) groups excluding carboxylic acids is 1. The van der Waals surface area contributed by atoms with Crippen LogP contribution in [0.1, 0.15) is 22.8 Å².